The molecule has 0 spiro atoms. The Morgan fingerprint density at radius 1 is 1.28 bits per heavy atom. The van der Waals surface area contributed by atoms with Crippen LogP contribution in [0.25, 0.3) is 0 Å². The summed E-state index contributed by atoms with van der Waals surface area (Å²) in [6.07, 6.45) is -3.47. The maximum atomic E-state index is 13.6. The zero-order valence-electron chi connectivity index (χ0n) is 14.9. The first kappa shape index (κ1) is 19.0. The van der Waals surface area contributed by atoms with Crippen LogP contribution in [-0.4, -0.2) is 21.9 Å². The summed E-state index contributed by atoms with van der Waals surface area (Å²) in [5.41, 5.74) is 0.497. The van der Waals surface area contributed by atoms with Crippen LogP contribution in [0.1, 0.15) is 40.3 Å². The first-order chi connectivity index (χ1) is 13.8. The number of hydrogen-bond acceptors (Lipinski definition) is 4. The van der Waals surface area contributed by atoms with E-state index in [1.54, 1.807) is 12.1 Å². The predicted molar refractivity (Wildman–Crippen MR) is 94.6 cm³/mol. The van der Waals surface area contributed by atoms with Gasteiger partial charge in [-0.1, -0.05) is 12.1 Å². The number of fused-ring (bicyclic) bond motifs is 1. The van der Waals surface area contributed by atoms with E-state index >= 15 is 0 Å². The van der Waals surface area contributed by atoms with Crippen molar-refractivity contribution in [3.8, 4) is 0 Å². The average Bonchev–Trinajstić information content (AvgIpc) is 3.35. The minimum absolute atomic E-state index is 0.0758. The van der Waals surface area contributed by atoms with E-state index in [0.29, 0.717) is 11.3 Å². The third-order valence-corrected chi connectivity index (χ3v) is 4.68. The number of amides is 1. The van der Waals surface area contributed by atoms with E-state index in [1.165, 1.54) is 36.6 Å². The first-order valence-electron chi connectivity index (χ1n) is 8.80. The summed E-state index contributed by atoms with van der Waals surface area (Å²) in [7, 11) is 0. The number of carbonyl (C=O) groups is 1. The molecular weight excluding hydrogens is 392 g/mol. The van der Waals surface area contributed by atoms with Crippen molar-refractivity contribution in [2.45, 2.75) is 31.2 Å². The van der Waals surface area contributed by atoms with E-state index in [2.05, 4.69) is 15.7 Å². The van der Waals surface area contributed by atoms with Crippen LogP contribution in [0, 0.1) is 5.82 Å². The molecule has 0 fully saturated rings. The van der Waals surface area contributed by atoms with Crippen molar-refractivity contribution < 1.29 is 26.8 Å². The fourth-order valence-corrected chi connectivity index (χ4v) is 3.24. The van der Waals surface area contributed by atoms with Gasteiger partial charge in [0.05, 0.1) is 12.3 Å². The maximum absolute atomic E-state index is 13.6. The molecule has 0 bridgehead atoms. The van der Waals surface area contributed by atoms with Crippen molar-refractivity contribution in [2.24, 2.45) is 0 Å². The van der Waals surface area contributed by atoms with Gasteiger partial charge in [0, 0.05) is 19.0 Å². The number of nitrogens with zero attached hydrogens (tertiary/aromatic N) is 2. The van der Waals surface area contributed by atoms with Crippen LogP contribution >= 0.6 is 0 Å². The van der Waals surface area contributed by atoms with Crippen LogP contribution in [0.4, 0.5) is 23.4 Å². The second-order valence-electron chi connectivity index (χ2n) is 6.67. The van der Waals surface area contributed by atoms with Gasteiger partial charge in [-0.25, -0.2) is 9.07 Å². The quantitative estimate of drug-likeness (QED) is 0.635. The number of anilines is 1. The molecule has 152 valence electrons. The van der Waals surface area contributed by atoms with Gasteiger partial charge in [-0.3, -0.25) is 4.79 Å². The summed E-state index contributed by atoms with van der Waals surface area (Å²) in [6.45, 7) is 0.0897. The number of alkyl halides is 3. The molecule has 0 unspecified atom stereocenters. The standard InChI is InChI=1S/C19H16F4N4O2/c20-12-5-3-11(4-6-12)10-24-18(28)14-9-17-25-13(15-2-1-7-29-15)8-16(19(21,22)23)27(17)26-14/h1-7,9,13,16,25H,8,10H2,(H,24,28)/t13-,16-/m0/s1. The molecule has 2 atom stereocenters. The number of benzene rings is 1. The minimum atomic E-state index is -4.55. The van der Waals surface area contributed by atoms with E-state index in [0.717, 1.165) is 4.68 Å². The lowest BCUT2D eigenvalue weighted by molar-refractivity contribution is -0.174. The normalized spacial score (nSPS) is 18.8. The van der Waals surface area contributed by atoms with E-state index in [9.17, 15) is 22.4 Å². The fraction of sp³-hybridized carbons (Fsp3) is 0.263. The number of carbonyl (C=O) groups excluding carboxylic acids is 1. The predicted octanol–water partition coefficient (Wildman–Crippen LogP) is 4.21. The van der Waals surface area contributed by atoms with Gasteiger partial charge >= 0.3 is 6.18 Å². The molecule has 6 nitrogen and oxygen atoms in total. The summed E-state index contributed by atoms with van der Waals surface area (Å²) in [6, 6.07) is 7.38. The Morgan fingerprint density at radius 2 is 2.03 bits per heavy atom. The Labute approximate surface area is 162 Å². The molecule has 0 aliphatic carbocycles. The Bertz CT molecular complexity index is 996. The number of halogens is 4. The third-order valence-electron chi connectivity index (χ3n) is 4.68. The smallest absolute Gasteiger partial charge is 0.410 e. The van der Waals surface area contributed by atoms with E-state index < -0.39 is 30.0 Å². The van der Waals surface area contributed by atoms with Crippen molar-refractivity contribution in [1.82, 2.24) is 15.1 Å². The topological polar surface area (TPSA) is 72.1 Å². The van der Waals surface area contributed by atoms with Crippen LogP contribution < -0.4 is 10.6 Å². The summed E-state index contributed by atoms with van der Waals surface area (Å²) >= 11 is 0. The van der Waals surface area contributed by atoms with Gasteiger partial charge in [0.1, 0.15) is 17.4 Å². The molecule has 0 saturated carbocycles. The molecule has 0 saturated heterocycles. The molecule has 29 heavy (non-hydrogen) atoms. The Hall–Kier alpha value is -3.30. The summed E-state index contributed by atoms with van der Waals surface area (Å²) in [5.74, 6) is -0.591. The highest BCUT2D eigenvalue weighted by Gasteiger charge is 2.47. The molecule has 10 heteroatoms. The van der Waals surface area contributed by atoms with Crippen LogP contribution in [-0.2, 0) is 6.54 Å². The van der Waals surface area contributed by atoms with Crippen molar-refractivity contribution in [1.29, 1.82) is 0 Å². The molecule has 1 aliphatic rings. The Balaban J connectivity index is 1.55. The highest BCUT2D eigenvalue weighted by Crippen LogP contribution is 2.43. The van der Waals surface area contributed by atoms with Gasteiger partial charge in [-0.2, -0.15) is 18.3 Å². The molecule has 4 rings (SSSR count). The Morgan fingerprint density at radius 3 is 2.69 bits per heavy atom. The summed E-state index contributed by atoms with van der Waals surface area (Å²) < 4.78 is 59.8. The van der Waals surface area contributed by atoms with E-state index in [1.807, 2.05) is 0 Å². The van der Waals surface area contributed by atoms with Crippen molar-refractivity contribution >= 4 is 11.7 Å². The van der Waals surface area contributed by atoms with Gasteiger partial charge in [-0.15, -0.1) is 0 Å². The fourth-order valence-electron chi connectivity index (χ4n) is 3.24. The molecule has 3 heterocycles. The number of hydrogen-bond donors (Lipinski definition) is 2. The van der Waals surface area contributed by atoms with Gasteiger partial charge in [0.2, 0.25) is 0 Å². The number of furan rings is 1. The number of nitrogens with one attached hydrogen (secondary N) is 2. The minimum Gasteiger partial charge on any atom is -0.467 e. The largest absolute Gasteiger partial charge is 0.467 e. The molecule has 3 aromatic rings. The average molecular weight is 408 g/mol. The molecule has 0 radical (unpaired) electrons. The molecule has 1 amide bonds. The lowest BCUT2D eigenvalue weighted by atomic mass is 10.0. The highest BCUT2D eigenvalue weighted by molar-refractivity contribution is 5.93. The second kappa shape index (κ2) is 7.26. The monoisotopic (exact) mass is 408 g/mol. The third kappa shape index (κ3) is 3.96. The van der Waals surface area contributed by atoms with E-state index in [4.69, 9.17) is 4.42 Å². The van der Waals surface area contributed by atoms with Crippen LogP contribution in [0.3, 0.4) is 0 Å². The second-order valence-corrected chi connectivity index (χ2v) is 6.67. The molecule has 1 aromatic carbocycles. The van der Waals surface area contributed by atoms with Gasteiger partial charge in [0.25, 0.3) is 5.91 Å². The molecule has 2 aromatic heterocycles. The van der Waals surface area contributed by atoms with Crippen molar-refractivity contribution in [3.63, 3.8) is 0 Å². The summed E-state index contributed by atoms with van der Waals surface area (Å²) in [5, 5.41) is 9.39. The SMILES string of the molecule is O=C(NCc1ccc(F)cc1)c1cc2n(n1)[C@H](C(F)(F)F)C[C@@H](c1ccco1)N2. The molecule has 1 aliphatic heterocycles. The van der Waals surface area contributed by atoms with Gasteiger partial charge < -0.3 is 15.1 Å². The van der Waals surface area contributed by atoms with Gasteiger partial charge in [-0.05, 0) is 29.8 Å². The molecule has 2 N–H and O–H groups in total. The lowest BCUT2D eigenvalue weighted by Crippen LogP contribution is -2.35. The van der Waals surface area contributed by atoms with Crippen LogP contribution in [0.5, 0.6) is 0 Å². The summed E-state index contributed by atoms with van der Waals surface area (Å²) in [4.78, 5) is 12.4. The Kier molecular flexibility index (Phi) is 4.77. The number of rotatable bonds is 4. The van der Waals surface area contributed by atoms with Crippen LogP contribution in [0.15, 0.2) is 53.1 Å². The van der Waals surface area contributed by atoms with Crippen molar-refractivity contribution in [2.75, 3.05) is 5.32 Å². The van der Waals surface area contributed by atoms with Crippen LogP contribution in [0.2, 0.25) is 0 Å². The number of aromatic nitrogens is 2. The highest BCUT2D eigenvalue weighted by atomic mass is 19.4. The first-order valence-corrected chi connectivity index (χ1v) is 8.80. The zero-order valence-corrected chi connectivity index (χ0v) is 14.9. The maximum Gasteiger partial charge on any atom is 0.410 e. The zero-order chi connectivity index (χ0) is 20.6. The lowest BCUT2D eigenvalue weighted by Gasteiger charge is -2.32. The van der Waals surface area contributed by atoms with Gasteiger partial charge in [0.15, 0.2) is 11.7 Å². The molecular formula is C19H16F4N4O2. The van der Waals surface area contributed by atoms with Crippen molar-refractivity contribution in [3.05, 3.63) is 71.6 Å². The van der Waals surface area contributed by atoms with E-state index in [-0.39, 0.29) is 24.5 Å².